The van der Waals surface area contributed by atoms with Crippen molar-refractivity contribution in [3.05, 3.63) is 65.5 Å². The van der Waals surface area contributed by atoms with Gasteiger partial charge in [0, 0.05) is 43.5 Å². The van der Waals surface area contributed by atoms with Crippen LogP contribution in [0.1, 0.15) is 53.3 Å². The van der Waals surface area contributed by atoms with Crippen LogP contribution in [-0.4, -0.2) is 48.4 Å². The molecule has 3 aromatic rings. The second-order valence-electron chi connectivity index (χ2n) is 7.30. The van der Waals surface area contributed by atoms with Crippen LogP contribution in [0.3, 0.4) is 0 Å². The van der Waals surface area contributed by atoms with E-state index in [1.807, 2.05) is 53.0 Å². The van der Waals surface area contributed by atoms with Crippen molar-refractivity contribution in [3.8, 4) is 0 Å². The maximum atomic E-state index is 12.9. The van der Waals surface area contributed by atoms with Gasteiger partial charge in [-0.1, -0.05) is 18.2 Å². The summed E-state index contributed by atoms with van der Waals surface area (Å²) in [6.45, 7) is 7.08. The highest BCUT2D eigenvalue weighted by Gasteiger charge is 2.28. The van der Waals surface area contributed by atoms with Gasteiger partial charge in [0.1, 0.15) is 12.4 Å². The number of hydrogen-bond acceptors (Lipinski definition) is 4. The number of nitrogens with zero attached hydrogens (tertiary/aromatic N) is 6. The maximum Gasteiger partial charge on any atom is 0.254 e. The Morgan fingerprint density at radius 1 is 1.14 bits per heavy atom. The number of hydrogen-bond donors (Lipinski definition) is 0. The summed E-state index contributed by atoms with van der Waals surface area (Å²) in [7, 11) is 0. The summed E-state index contributed by atoms with van der Waals surface area (Å²) in [5.41, 5.74) is 1.84. The molecule has 0 saturated carbocycles. The van der Waals surface area contributed by atoms with E-state index in [2.05, 4.69) is 26.8 Å². The van der Waals surface area contributed by atoms with Gasteiger partial charge in [-0.05, 0) is 44.4 Å². The van der Waals surface area contributed by atoms with Gasteiger partial charge in [0.05, 0.1) is 0 Å². The Balaban J connectivity index is 1.44. The van der Waals surface area contributed by atoms with Crippen LogP contribution >= 0.6 is 0 Å². The summed E-state index contributed by atoms with van der Waals surface area (Å²) in [5, 5.41) is 13.2. The van der Waals surface area contributed by atoms with E-state index in [4.69, 9.17) is 0 Å². The van der Waals surface area contributed by atoms with E-state index in [-0.39, 0.29) is 5.91 Å². The van der Waals surface area contributed by atoms with E-state index in [0.717, 1.165) is 55.3 Å². The lowest BCUT2D eigenvalue weighted by Gasteiger charge is -2.32. The first kappa shape index (κ1) is 18.4. The summed E-state index contributed by atoms with van der Waals surface area (Å²) in [4.78, 5) is 14.8. The SMILES string of the molecule is CCn1c(Cn2cccn2)nnc1C1CCN(C(=O)c2ccccc2C)CC1. The van der Waals surface area contributed by atoms with E-state index in [1.54, 1.807) is 6.20 Å². The second-order valence-corrected chi connectivity index (χ2v) is 7.30. The van der Waals surface area contributed by atoms with Crippen LogP contribution in [0.2, 0.25) is 0 Å². The number of aromatic nitrogens is 5. The average Bonchev–Trinajstić information content (AvgIpc) is 3.38. The van der Waals surface area contributed by atoms with E-state index in [1.165, 1.54) is 0 Å². The molecule has 0 unspecified atom stereocenters. The fourth-order valence-electron chi connectivity index (χ4n) is 3.98. The van der Waals surface area contributed by atoms with Crippen molar-refractivity contribution in [2.45, 2.75) is 45.7 Å². The quantitative estimate of drug-likeness (QED) is 0.685. The zero-order valence-corrected chi connectivity index (χ0v) is 16.5. The lowest BCUT2D eigenvalue weighted by atomic mass is 9.95. The Morgan fingerprint density at radius 2 is 1.93 bits per heavy atom. The molecule has 146 valence electrons. The molecule has 0 aliphatic carbocycles. The molecule has 3 heterocycles. The highest BCUT2D eigenvalue weighted by molar-refractivity contribution is 5.95. The molecule has 0 radical (unpaired) electrons. The Kier molecular flexibility index (Phi) is 5.23. The molecule has 2 aromatic heterocycles. The van der Waals surface area contributed by atoms with Gasteiger partial charge in [-0.2, -0.15) is 5.10 Å². The predicted molar refractivity (Wildman–Crippen MR) is 106 cm³/mol. The Hall–Kier alpha value is -2.96. The number of amides is 1. The number of rotatable bonds is 5. The minimum atomic E-state index is 0.132. The predicted octanol–water partition coefficient (Wildman–Crippen LogP) is 2.87. The van der Waals surface area contributed by atoms with Gasteiger partial charge in [-0.25, -0.2) is 0 Å². The summed E-state index contributed by atoms with van der Waals surface area (Å²) < 4.78 is 4.06. The van der Waals surface area contributed by atoms with E-state index in [0.29, 0.717) is 12.5 Å². The third kappa shape index (κ3) is 3.56. The van der Waals surface area contributed by atoms with Crippen LogP contribution in [-0.2, 0) is 13.1 Å². The summed E-state index contributed by atoms with van der Waals surface area (Å²) in [5.74, 6) is 2.43. The van der Waals surface area contributed by atoms with Gasteiger partial charge in [0.15, 0.2) is 5.82 Å². The zero-order valence-electron chi connectivity index (χ0n) is 16.5. The van der Waals surface area contributed by atoms with Gasteiger partial charge in [-0.15, -0.1) is 10.2 Å². The number of benzene rings is 1. The molecule has 28 heavy (non-hydrogen) atoms. The Labute approximate surface area is 165 Å². The van der Waals surface area contributed by atoms with Crippen molar-refractivity contribution in [2.24, 2.45) is 0 Å². The molecule has 1 aliphatic heterocycles. The average molecular weight is 378 g/mol. The lowest BCUT2D eigenvalue weighted by Crippen LogP contribution is -2.38. The van der Waals surface area contributed by atoms with Crippen LogP contribution < -0.4 is 0 Å². The molecule has 7 nitrogen and oxygen atoms in total. The molecule has 1 amide bonds. The van der Waals surface area contributed by atoms with Crippen LogP contribution in [0.4, 0.5) is 0 Å². The first-order valence-electron chi connectivity index (χ1n) is 9.91. The first-order valence-corrected chi connectivity index (χ1v) is 9.91. The summed E-state index contributed by atoms with van der Waals surface area (Å²) >= 11 is 0. The Morgan fingerprint density at radius 3 is 2.61 bits per heavy atom. The molecule has 0 atom stereocenters. The maximum absolute atomic E-state index is 12.9. The number of carbonyl (C=O) groups is 1. The second kappa shape index (κ2) is 7.96. The fourth-order valence-corrected chi connectivity index (χ4v) is 3.98. The molecule has 1 fully saturated rings. The summed E-state index contributed by atoms with van der Waals surface area (Å²) in [6, 6.07) is 9.72. The minimum Gasteiger partial charge on any atom is -0.339 e. The van der Waals surface area contributed by atoms with Crippen LogP contribution in [0.25, 0.3) is 0 Å². The molecule has 0 N–H and O–H groups in total. The Bertz CT molecular complexity index is 938. The fraction of sp³-hybridized carbons (Fsp3) is 0.429. The molecular formula is C21H26N6O. The van der Waals surface area contributed by atoms with Gasteiger partial charge in [-0.3, -0.25) is 9.48 Å². The number of aryl methyl sites for hydroxylation is 1. The van der Waals surface area contributed by atoms with Gasteiger partial charge < -0.3 is 9.47 Å². The number of carbonyl (C=O) groups excluding carboxylic acids is 1. The van der Waals surface area contributed by atoms with Crippen molar-refractivity contribution in [1.82, 2.24) is 29.4 Å². The van der Waals surface area contributed by atoms with E-state index < -0.39 is 0 Å². The smallest absolute Gasteiger partial charge is 0.254 e. The largest absolute Gasteiger partial charge is 0.339 e. The van der Waals surface area contributed by atoms with Crippen molar-refractivity contribution in [2.75, 3.05) is 13.1 Å². The highest BCUT2D eigenvalue weighted by Crippen LogP contribution is 2.28. The van der Waals surface area contributed by atoms with E-state index >= 15 is 0 Å². The van der Waals surface area contributed by atoms with Crippen LogP contribution in [0, 0.1) is 6.92 Å². The van der Waals surface area contributed by atoms with Gasteiger partial charge in [0.2, 0.25) is 0 Å². The molecule has 4 rings (SSSR count). The third-order valence-electron chi connectivity index (χ3n) is 5.56. The monoisotopic (exact) mass is 378 g/mol. The number of piperidine rings is 1. The van der Waals surface area contributed by atoms with Gasteiger partial charge >= 0.3 is 0 Å². The minimum absolute atomic E-state index is 0.132. The molecular weight excluding hydrogens is 352 g/mol. The topological polar surface area (TPSA) is 68.8 Å². The van der Waals surface area contributed by atoms with Crippen molar-refractivity contribution in [1.29, 1.82) is 0 Å². The normalized spacial score (nSPS) is 15.1. The first-order chi connectivity index (χ1) is 13.7. The molecule has 1 saturated heterocycles. The van der Waals surface area contributed by atoms with Crippen LogP contribution in [0.5, 0.6) is 0 Å². The van der Waals surface area contributed by atoms with Crippen molar-refractivity contribution < 1.29 is 4.79 Å². The lowest BCUT2D eigenvalue weighted by molar-refractivity contribution is 0.0709. The third-order valence-corrected chi connectivity index (χ3v) is 5.56. The molecule has 1 aromatic carbocycles. The molecule has 0 spiro atoms. The van der Waals surface area contributed by atoms with Gasteiger partial charge in [0.25, 0.3) is 5.91 Å². The highest BCUT2D eigenvalue weighted by atomic mass is 16.2. The zero-order chi connectivity index (χ0) is 19.5. The van der Waals surface area contributed by atoms with Crippen LogP contribution in [0.15, 0.2) is 42.7 Å². The number of likely N-dealkylation sites (tertiary alicyclic amines) is 1. The van der Waals surface area contributed by atoms with E-state index in [9.17, 15) is 4.79 Å². The molecule has 0 bridgehead atoms. The standard InChI is InChI=1S/C21H26N6O/c1-3-27-19(15-26-12-6-11-22-26)23-24-20(27)17-9-13-25(14-10-17)21(28)18-8-5-4-7-16(18)2/h4-8,11-12,17H,3,9-10,13-15H2,1-2H3. The molecule has 7 heteroatoms. The molecule has 1 aliphatic rings. The van der Waals surface area contributed by atoms with Crippen molar-refractivity contribution >= 4 is 5.91 Å². The summed E-state index contributed by atoms with van der Waals surface area (Å²) in [6.07, 6.45) is 5.54. The van der Waals surface area contributed by atoms with Crippen molar-refractivity contribution in [3.63, 3.8) is 0 Å².